The van der Waals surface area contributed by atoms with Crippen LogP contribution in [0, 0.1) is 13.0 Å². The van der Waals surface area contributed by atoms with E-state index in [1.807, 2.05) is 19.1 Å². The molecule has 1 aliphatic rings. The number of fused-ring (bicyclic) bond motifs is 1. The van der Waals surface area contributed by atoms with E-state index in [0.717, 1.165) is 41.8 Å². The Kier molecular flexibility index (Phi) is 3.88. The molecule has 1 atom stereocenters. The van der Waals surface area contributed by atoms with Crippen LogP contribution in [-0.4, -0.2) is 24.0 Å². The molecule has 1 saturated heterocycles. The molecule has 125 valence electrons. The SMILES string of the molecule is Cc1nc2cc[c]cc2c(C(N)=O)c1N1CCC(c2ccccc2)C1. The smallest absolute Gasteiger partial charge is 0.251 e. The zero-order chi connectivity index (χ0) is 17.4. The largest absolute Gasteiger partial charge is 0.369 e. The lowest BCUT2D eigenvalue weighted by Gasteiger charge is -2.24. The van der Waals surface area contributed by atoms with Gasteiger partial charge < -0.3 is 10.6 Å². The number of hydrogen-bond donors (Lipinski definition) is 1. The van der Waals surface area contributed by atoms with Gasteiger partial charge in [-0.1, -0.05) is 36.4 Å². The molecule has 2 heterocycles. The average Bonchev–Trinajstić information content (AvgIpc) is 3.10. The Labute approximate surface area is 147 Å². The zero-order valence-electron chi connectivity index (χ0n) is 14.2. The first-order valence-corrected chi connectivity index (χ1v) is 8.55. The van der Waals surface area contributed by atoms with Crippen LogP contribution in [0.15, 0.2) is 48.5 Å². The van der Waals surface area contributed by atoms with E-state index >= 15 is 0 Å². The van der Waals surface area contributed by atoms with E-state index in [1.165, 1.54) is 5.56 Å². The first kappa shape index (κ1) is 15.6. The second kappa shape index (κ2) is 6.20. The molecule has 4 heteroatoms. The van der Waals surface area contributed by atoms with E-state index in [9.17, 15) is 4.79 Å². The fourth-order valence-electron chi connectivity index (χ4n) is 3.86. The lowest BCUT2D eigenvalue weighted by molar-refractivity contribution is 0.100. The van der Waals surface area contributed by atoms with Crippen molar-refractivity contribution < 1.29 is 4.79 Å². The van der Waals surface area contributed by atoms with Crippen LogP contribution in [0.2, 0.25) is 0 Å². The molecule has 0 saturated carbocycles. The van der Waals surface area contributed by atoms with Crippen LogP contribution in [0.3, 0.4) is 0 Å². The molecule has 1 unspecified atom stereocenters. The number of anilines is 1. The number of amides is 1. The minimum absolute atomic E-state index is 0.409. The standard InChI is InChI=1S/C21H20N3O/c1-14-20(19(21(22)25)17-9-5-6-10-18(17)23-14)24-12-11-16(13-24)15-7-3-2-4-8-15/h2-4,6-10,16H,11-13H2,1H3,(H2,22,25). The van der Waals surface area contributed by atoms with Gasteiger partial charge in [0.05, 0.1) is 22.5 Å². The Hall–Kier alpha value is -2.88. The van der Waals surface area contributed by atoms with Crippen LogP contribution >= 0.6 is 0 Å². The molecule has 0 aliphatic carbocycles. The van der Waals surface area contributed by atoms with Crippen molar-refractivity contribution in [2.75, 3.05) is 18.0 Å². The minimum Gasteiger partial charge on any atom is -0.369 e. The van der Waals surface area contributed by atoms with Crippen LogP contribution in [0.1, 0.15) is 34.0 Å². The number of carbonyl (C=O) groups excluding carboxylic acids is 1. The van der Waals surface area contributed by atoms with E-state index in [4.69, 9.17) is 10.7 Å². The number of pyridine rings is 1. The summed E-state index contributed by atoms with van der Waals surface area (Å²) in [6.45, 7) is 3.72. The Balaban J connectivity index is 1.78. The Morgan fingerprint density at radius 2 is 2.08 bits per heavy atom. The van der Waals surface area contributed by atoms with Gasteiger partial charge in [0.1, 0.15) is 0 Å². The molecule has 0 spiro atoms. The monoisotopic (exact) mass is 330 g/mol. The molecule has 1 aliphatic heterocycles. The van der Waals surface area contributed by atoms with Crippen molar-refractivity contribution in [3.8, 4) is 0 Å². The molecule has 25 heavy (non-hydrogen) atoms. The summed E-state index contributed by atoms with van der Waals surface area (Å²) < 4.78 is 0. The van der Waals surface area contributed by atoms with Gasteiger partial charge >= 0.3 is 0 Å². The molecule has 4 rings (SSSR count). The predicted octanol–water partition coefficient (Wildman–Crippen LogP) is 3.44. The van der Waals surface area contributed by atoms with Crippen molar-refractivity contribution in [1.29, 1.82) is 0 Å². The molecule has 4 nitrogen and oxygen atoms in total. The van der Waals surface area contributed by atoms with Gasteiger partial charge in [-0.05, 0) is 37.1 Å². The summed E-state index contributed by atoms with van der Waals surface area (Å²) in [5, 5.41) is 0.777. The zero-order valence-corrected chi connectivity index (χ0v) is 14.2. The summed E-state index contributed by atoms with van der Waals surface area (Å²) in [6, 6.07) is 19.0. The Morgan fingerprint density at radius 3 is 2.84 bits per heavy atom. The molecule has 1 amide bonds. The maximum atomic E-state index is 12.3. The number of benzene rings is 2. The van der Waals surface area contributed by atoms with Crippen LogP contribution in [0.5, 0.6) is 0 Å². The van der Waals surface area contributed by atoms with E-state index in [-0.39, 0.29) is 0 Å². The summed E-state index contributed by atoms with van der Waals surface area (Å²) in [7, 11) is 0. The predicted molar refractivity (Wildman–Crippen MR) is 99.8 cm³/mol. The fraction of sp³-hybridized carbons (Fsp3) is 0.238. The highest BCUT2D eigenvalue weighted by atomic mass is 16.1. The van der Waals surface area contributed by atoms with Gasteiger partial charge in [-0.3, -0.25) is 9.78 Å². The third-order valence-electron chi connectivity index (χ3n) is 5.00. The van der Waals surface area contributed by atoms with Gasteiger partial charge in [-0.25, -0.2) is 0 Å². The lowest BCUT2D eigenvalue weighted by Crippen LogP contribution is -2.26. The number of aryl methyl sites for hydroxylation is 1. The topological polar surface area (TPSA) is 59.2 Å². The maximum Gasteiger partial charge on any atom is 0.251 e. The highest BCUT2D eigenvalue weighted by Gasteiger charge is 2.29. The van der Waals surface area contributed by atoms with Gasteiger partial charge in [0.15, 0.2) is 0 Å². The molecular weight excluding hydrogens is 310 g/mol. The number of rotatable bonds is 3. The third kappa shape index (κ3) is 2.74. The normalized spacial score (nSPS) is 17.2. The summed E-state index contributed by atoms with van der Waals surface area (Å²) in [5.41, 5.74) is 10.2. The van der Waals surface area contributed by atoms with Gasteiger partial charge in [0.2, 0.25) is 0 Å². The summed E-state index contributed by atoms with van der Waals surface area (Å²) in [4.78, 5) is 19.2. The molecule has 1 radical (unpaired) electrons. The van der Waals surface area contributed by atoms with E-state index in [1.54, 1.807) is 12.1 Å². The van der Waals surface area contributed by atoms with Gasteiger partial charge in [-0.15, -0.1) is 0 Å². The summed E-state index contributed by atoms with van der Waals surface area (Å²) in [5.74, 6) is 0.0487. The summed E-state index contributed by atoms with van der Waals surface area (Å²) in [6.07, 6.45) is 1.06. The fourth-order valence-corrected chi connectivity index (χ4v) is 3.86. The van der Waals surface area contributed by atoms with Crippen molar-refractivity contribution in [3.63, 3.8) is 0 Å². The van der Waals surface area contributed by atoms with Crippen LogP contribution in [0.25, 0.3) is 10.9 Å². The van der Waals surface area contributed by atoms with Crippen molar-refractivity contribution >= 4 is 22.5 Å². The number of nitrogens with zero attached hydrogens (tertiary/aromatic N) is 2. The second-order valence-electron chi connectivity index (χ2n) is 6.57. The van der Waals surface area contributed by atoms with E-state index in [0.29, 0.717) is 11.5 Å². The van der Waals surface area contributed by atoms with Crippen LogP contribution in [0.4, 0.5) is 5.69 Å². The number of hydrogen-bond acceptors (Lipinski definition) is 3. The molecule has 2 aromatic carbocycles. The minimum atomic E-state index is -0.409. The molecule has 0 bridgehead atoms. The number of aromatic nitrogens is 1. The molecule has 1 aromatic heterocycles. The number of primary amides is 1. The van der Waals surface area contributed by atoms with Crippen LogP contribution < -0.4 is 10.6 Å². The van der Waals surface area contributed by atoms with E-state index in [2.05, 4.69) is 35.2 Å². The lowest BCUT2D eigenvalue weighted by atomic mass is 9.98. The second-order valence-corrected chi connectivity index (χ2v) is 6.57. The third-order valence-corrected chi connectivity index (χ3v) is 5.00. The van der Waals surface area contributed by atoms with Gasteiger partial charge in [-0.2, -0.15) is 0 Å². The van der Waals surface area contributed by atoms with Crippen LogP contribution in [-0.2, 0) is 0 Å². The Bertz CT molecular complexity index is 937. The molecule has 1 fully saturated rings. The molecule has 3 aromatic rings. The van der Waals surface area contributed by atoms with E-state index < -0.39 is 5.91 Å². The molecular formula is C21H20N3O. The maximum absolute atomic E-state index is 12.3. The number of nitrogens with two attached hydrogens (primary N) is 1. The highest BCUT2D eigenvalue weighted by Crippen LogP contribution is 2.36. The first-order valence-electron chi connectivity index (χ1n) is 8.55. The molecule has 2 N–H and O–H groups in total. The quantitative estimate of drug-likeness (QED) is 0.800. The Morgan fingerprint density at radius 1 is 1.28 bits per heavy atom. The van der Waals surface area contributed by atoms with Crippen molar-refractivity contribution in [1.82, 2.24) is 4.98 Å². The number of carbonyl (C=O) groups is 1. The van der Waals surface area contributed by atoms with Gasteiger partial charge in [0.25, 0.3) is 5.91 Å². The van der Waals surface area contributed by atoms with Crippen molar-refractivity contribution in [2.45, 2.75) is 19.3 Å². The highest BCUT2D eigenvalue weighted by molar-refractivity contribution is 6.10. The first-order chi connectivity index (χ1) is 12.1. The van der Waals surface area contributed by atoms with Crippen molar-refractivity contribution in [3.05, 3.63) is 71.4 Å². The van der Waals surface area contributed by atoms with Gasteiger partial charge in [0, 0.05) is 24.4 Å². The van der Waals surface area contributed by atoms with Crippen molar-refractivity contribution in [2.24, 2.45) is 5.73 Å². The average molecular weight is 330 g/mol. The summed E-state index contributed by atoms with van der Waals surface area (Å²) >= 11 is 0.